The highest BCUT2D eigenvalue weighted by Crippen LogP contribution is 2.27. The molecule has 1 saturated heterocycles. The van der Waals surface area contributed by atoms with Crippen molar-refractivity contribution in [2.45, 2.75) is 18.7 Å². The molecular weight excluding hydrogens is 396 g/mol. The number of piperazine rings is 1. The summed E-state index contributed by atoms with van der Waals surface area (Å²) in [5, 5.41) is 3.10. The van der Waals surface area contributed by atoms with Gasteiger partial charge in [0, 0.05) is 38.9 Å². The predicted molar refractivity (Wildman–Crippen MR) is 123 cm³/mol. The number of nitrogens with zero attached hydrogens (tertiary/aromatic N) is 4. The van der Waals surface area contributed by atoms with Crippen molar-refractivity contribution in [2.75, 3.05) is 43.9 Å². The molecule has 1 aromatic carbocycles. The molecule has 4 rings (SSSR count). The van der Waals surface area contributed by atoms with E-state index in [1.165, 1.54) is 0 Å². The third kappa shape index (κ3) is 5.12. The largest absolute Gasteiger partial charge is 0.354 e. The summed E-state index contributed by atoms with van der Waals surface area (Å²) >= 11 is 1.58. The van der Waals surface area contributed by atoms with Crippen molar-refractivity contribution in [3.8, 4) is 0 Å². The molecular formula is C22H28N6OS. The third-order valence-corrected chi connectivity index (χ3v) is 6.54. The number of carbonyl (C=O) groups excluding carboxylic acids is 1. The topological polar surface area (TPSA) is 77.2 Å². The summed E-state index contributed by atoms with van der Waals surface area (Å²) in [7, 11) is 2.15. The number of carbonyl (C=O) groups is 1. The lowest BCUT2D eigenvalue weighted by atomic mass is 10.2. The molecule has 30 heavy (non-hydrogen) atoms. The van der Waals surface area contributed by atoms with Crippen LogP contribution < -0.4 is 10.2 Å². The quantitative estimate of drug-likeness (QED) is 0.607. The molecule has 8 heteroatoms. The van der Waals surface area contributed by atoms with Crippen LogP contribution in [0.5, 0.6) is 0 Å². The minimum atomic E-state index is 0.0195. The molecule has 158 valence electrons. The van der Waals surface area contributed by atoms with E-state index in [1.807, 2.05) is 42.6 Å². The summed E-state index contributed by atoms with van der Waals surface area (Å²) in [6, 6.07) is 12.1. The van der Waals surface area contributed by atoms with Crippen LogP contribution >= 0.6 is 11.8 Å². The molecule has 0 spiro atoms. The number of aromatic nitrogens is 3. The number of para-hydroxylation sites is 2. The van der Waals surface area contributed by atoms with Crippen molar-refractivity contribution in [1.29, 1.82) is 0 Å². The standard InChI is InChI=1S/C22H28N6OS/c1-16(22-25-18-5-3-4-6-19(18)26-22)30-15-21(29)24-14-17-7-8-20(23-13-17)28-11-9-27(2)10-12-28/h3-8,13,16H,9-12,14-15H2,1-2H3,(H,24,29)(H,25,26). The van der Waals surface area contributed by atoms with Crippen LogP contribution in [0.4, 0.5) is 5.82 Å². The lowest BCUT2D eigenvalue weighted by Crippen LogP contribution is -2.44. The predicted octanol–water partition coefficient (Wildman–Crippen LogP) is 2.82. The molecule has 1 fully saturated rings. The Hall–Kier alpha value is -2.58. The second-order valence-corrected chi connectivity index (χ2v) is 9.01. The Morgan fingerprint density at radius 3 is 2.73 bits per heavy atom. The number of imidazole rings is 1. The van der Waals surface area contributed by atoms with Gasteiger partial charge in [-0.2, -0.15) is 0 Å². The maximum absolute atomic E-state index is 12.3. The zero-order valence-corrected chi connectivity index (χ0v) is 18.3. The van der Waals surface area contributed by atoms with Crippen LogP contribution in [0.1, 0.15) is 23.6 Å². The summed E-state index contributed by atoms with van der Waals surface area (Å²) < 4.78 is 0. The van der Waals surface area contributed by atoms with Gasteiger partial charge in [0.15, 0.2) is 0 Å². The molecule has 7 nitrogen and oxygen atoms in total. The van der Waals surface area contributed by atoms with Gasteiger partial charge in [-0.3, -0.25) is 4.79 Å². The van der Waals surface area contributed by atoms with E-state index >= 15 is 0 Å². The minimum Gasteiger partial charge on any atom is -0.354 e. The Morgan fingerprint density at radius 1 is 1.20 bits per heavy atom. The molecule has 0 radical (unpaired) electrons. The van der Waals surface area contributed by atoms with E-state index in [1.54, 1.807) is 11.8 Å². The number of rotatable bonds is 7. The number of aromatic amines is 1. The van der Waals surface area contributed by atoms with Crippen LogP contribution in [-0.2, 0) is 11.3 Å². The van der Waals surface area contributed by atoms with Gasteiger partial charge in [-0.25, -0.2) is 9.97 Å². The second kappa shape index (κ2) is 9.49. The van der Waals surface area contributed by atoms with Crippen LogP contribution in [0.3, 0.4) is 0 Å². The van der Waals surface area contributed by atoms with Gasteiger partial charge in [0.25, 0.3) is 0 Å². The monoisotopic (exact) mass is 424 g/mol. The van der Waals surface area contributed by atoms with Gasteiger partial charge in [-0.15, -0.1) is 11.8 Å². The Labute approximate surface area is 181 Å². The number of hydrogen-bond acceptors (Lipinski definition) is 6. The first-order chi connectivity index (χ1) is 14.6. The number of benzene rings is 1. The second-order valence-electron chi connectivity index (χ2n) is 7.68. The normalized spacial score (nSPS) is 16.0. The molecule has 0 aliphatic carbocycles. The fourth-order valence-electron chi connectivity index (χ4n) is 3.44. The van der Waals surface area contributed by atoms with Crippen molar-refractivity contribution in [2.24, 2.45) is 0 Å². The first kappa shape index (κ1) is 20.7. The lowest BCUT2D eigenvalue weighted by molar-refractivity contribution is -0.118. The molecule has 3 aromatic rings. The van der Waals surface area contributed by atoms with E-state index in [0.717, 1.165) is 54.4 Å². The van der Waals surface area contributed by atoms with E-state index in [4.69, 9.17) is 0 Å². The van der Waals surface area contributed by atoms with Crippen molar-refractivity contribution in [1.82, 2.24) is 25.2 Å². The Bertz CT molecular complexity index is 948. The average Bonchev–Trinajstić information content (AvgIpc) is 3.21. The number of H-pyrrole nitrogens is 1. The maximum Gasteiger partial charge on any atom is 0.230 e. The van der Waals surface area contributed by atoms with Gasteiger partial charge in [0.1, 0.15) is 11.6 Å². The van der Waals surface area contributed by atoms with E-state index in [-0.39, 0.29) is 11.2 Å². The zero-order valence-electron chi connectivity index (χ0n) is 17.5. The average molecular weight is 425 g/mol. The number of nitrogens with one attached hydrogen (secondary N) is 2. The molecule has 0 saturated carbocycles. The van der Waals surface area contributed by atoms with Crippen LogP contribution in [0.15, 0.2) is 42.6 Å². The van der Waals surface area contributed by atoms with Gasteiger partial charge < -0.3 is 20.1 Å². The highest BCUT2D eigenvalue weighted by Gasteiger charge is 2.15. The smallest absolute Gasteiger partial charge is 0.230 e. The Kier molecular flexibility index (Phi) is 6.54. The summed E-state index contributed by atoms with van der Waals surface area (Å²) in [4.78, 5) is 29.4. The molecule has 1 atom stereocenters. The summed E-state index contributed by atoms with van der Waals surface area (Å²) in [5.41, 5.74) is 2.99. The highest BCUT2D eigenvalue weighted by atomic mass is 32.2. The van der Waals surface area contributed by atoms with Crippen molar-refractivity contribution < 1.29 is 4.79 Å². The van der Waals surface area contributed by atoms with Crippen molar-refractivity contribution in [3.05, 3.63) is 54.0 Å². The fourth-order valence-corrected chi connectivity index (χ4v) is 4.21. The van der Waals surface area contributed by atoms with Crippen LogP contribution in [0.25, 0.3) is 11.0 Å². The number of pyridine rings is 1. The minimum absolute atomic E-state index is 0.0195. The summed E-state index contributed by atoms with van der Waals surface area (Å²) in [6.45, 7) is 6.68. The van der Waals surface area contributed by atoms with Crippen molar-refractivity contribution >= 4 is 34.5 Å². The molecule has 0 bridgehead atoms. The van der Waals surface area contributed by atoms with E-state index in [2.05, 4.69) is 44.0 Å². The molecule has 1 aliphatic heterocycles. The van der Waals surface area contributed by atoms with Gasteiger partial charge in [-0.1, -0.05) is 18.2 Å². The van der Waals surface area contributed by atoms with Gasteiger partial charge in [0.2, 0.25) is 5.91 Å². The third-order valence-electron chi connectivity index (χ3n) is 5.38. The van der Waals surface area contributed by atoms with Gasteiger partial charge >= 0.3 is 0 Å². The number of thioether (sulfide) groups is 1. The zero-order chi connectivity index (χ0) is 20.9. The number of hydrogen-bond donors (Lipinski definition) is 2. The van der Waals surface area contributed by atoms with Crippen LogP contribution in [-0.4, -0.2) is 64.7 Å². The Balaban J connectivity index is 1.22. The number of anilines is 1. The number of amides is 1. The molecule has 2 N–H and O–H groups in total. The SMILES string of the molecule is CC(SCC(=O)NCc1ccc(N2CCN(C)CC2)nc1)c1nc2ccccc2[nH]1. The van der Waals surface area contributed by atoms with Crippen molar-refractivity contribution in [3.63, 3.8) is 0 Å². The molecule has 2 aromatic heterocycles. The lowest BCUT2D eigenvalue weighted by Gasteiger charge is -2.33. The van der Waals surface area contributed by atoms with E-state index < -0.39 is 0 Å². The Morgan fingerprint density at radius 2 is 2.00 bits per heavy atom. The summed E-state index contributed by atoms with van der Waals surface area (Å²) in [5.74, 6) is 2.32. The number of likely N-dealkylation sites (N-methyl/N-ethyl adjacent to an activating group) is 1. The number of fused-ring (bicyclic) bond motifs is 1. The molecule has 1 aliphatic rings. The maximum atomic E-state index is 12.3. The summed E-state index contributed by atoms with van der Waals surface area (Å²) in [6.07, 6.45) is 1.86. The molecule has 1 amide bonds. The first-order valence-corrected chi connectivity index (χ1v) is 11.3. The van der Waals surface area contributed by atoms with Crippen LogP contribution in [0, 0.1) is 0 Å². The van der Waals surface area contributed by atoms with E-state index in [9.17, 15) is 4.79 Å². The van der Waals surface area contributed by atoms with Gasteiger partial charge in [0.05, 0.1) is 22.0 Å². The van der Waals surface area contributed by atoms with Crippen LogP contribution in [0.2, 0.25) is 0 Å². The first-order valence-electron chi connectivity index (χ1n) is 10.3. The molecule has 1 unspecified atom stereocenters. The fraction of sp³-hybridized carbons (Fsp3) is 0.409. The molecule has 3 heterocycles. The van der Waals surface area contributed by atoms with Gasteiger partial charge in [-0.05, 0) is 37.7 Å². The van der Waals surface area contributed by atoms with E-state index in [0.29, 0.717) is 12.3 Å². The highest BCUT2D eigenvalue weighted by molar-refractivity contribution is 8.00.